The van der Waals surface area contributed by atoms with Gasteiger partial charge in [-0.05, 0) is 45.0 Å². The number of nitrogens with one attached hydrogen (secondary N) is 1. The van der Waals surface area contributed by atoms with Crippen LogP contribution in [-0.4, -0.2) is 34.3 Å². The zero-order valence-corrected chi connectivity index (χ0v) is 21.4. The summed E-state index contributed by atoms with van der Waals surface area (Å²) in [6.07, 6.45) is 0. The van der Waals surface area contributed by atoms with E-state index in [0.29, 0.717) is 22.2 Å². The number of furan rings is 1. The first-order valence-electron chi connectivity index (χ1n) is 11.0. The van der Waals surface area contributed by atoms with Crippen LogP contribution in [-0.2, 0) is 20.4 Å². The zero-order chi connectivity index (χ0) is 25.9. The molecule has 0 bridgehead atoms. The van der Waals surface area contributed by atoms with Crippen LogP contribution in [0.5, 0.6) is 0 Å². The van der Waals surface area contributed by atoms with Crippen LogP contribution in [0.2, 0.25) is 0 Å². The van der Waals surface area contributed by atoms with Crippen molar-refractivity contribution >= 4 is 33.4 Å². The predicted molar refractivity (Wildman–Crippen MR) is 136 cm³/mol. The number of amides is 1. The molecular formula is C25H23N5O4S2. The van der Waals surface area contributed by atoms with Gasteiger partial charge in [0.2, 0.25) is 11.8 Å². The molecule has 0 saturated heterocycles. The number of nitriles is 1. The largest absolute Gasteiger partial charge is 0.444 e. The SMILES string of the molecule is Cc1oc(NC(=O)C(C)Sc2nnc(CS(=O)(=O)c3ccccc3)n2-c2ccccc2)c(C#N)c1C. The second kappa shape index (κ2) is 10.4. The summed E-state index contributed by atoms with van der Waals surface area (Å²) in [5.41, 5.74) is 1.61. The number of hydrogen-bond acceptors (Lipinski definition) is 8. The van der Waals surface area contributed by atoms with Gasteiger partial charge in [0.05, 0.1) is 10.1 Å². The lowest BCUT2D eigenvalue weighted by atomic mass is 10.2. The van der Waals surface area contributed by atoms with E-state index in [1.54, 1.807) is 43.5 Å². The van der Waals surface area contributed by atoms with Crippen LogP contribution in [0.4, 0.5) is 5.88 Å². The molecule has 0 aliphatic carbocycles. The van der Waals surface area contributed by atoms with Crippen LogP contribution >= 0.6 is 11.8 Å². The normalized spacial score (nSPS) is 12.2. The van der Waals surface area contributed by atoms with Crippen LogP contribution in [0.15, 0.2) is 75.1 Å². The standard InChI is InChI=1S/C25H23N5O4S2/c1-16-17(2)34-24(21(16)14-26)27-23(31)18(3)35-25-29-28-22(30(25)19-10-6-4-7-11-19)15-36(32,33)20-12-8-5-9-13-20/h4-13,18H,15H2,1-3H3,(H,27,31). The maximum absolute atomic E-state index is 13.0. The molecule has 0 fully saturated rings. The third-order valence-electron chi connectivity index (χ3n) is 5.52. The molecule has 0 aliphatic heterocycles. The lowest BCUT2D eigenvalue weighted by Gasteiger charge is -2.13. The van der Waals surface area contributed by atoms with Gasteiger partial charge in [0.1, 0.15) is 23.1 Å². The average molecular weight is 522 g/mol. The van der Waals surface area contributed by atoms with E-state index >= 15 is 0 Å². The van der Waals surface area contributed by atoms with Gasteiger partial charge in [0, 0.05) is 11.3 Å². The summed E-state index contributed by atoms with van der Waals surface area (Å²) in [4.78, 5) is 13.1. The van der Waals surface area contributed by atoms with Gasteiger partial charge in [0.15, 0.2) is 20.8 Å². The molecule has 1 unspecified atom stereocenters. The molecule has 0 spiro atoms. The average Bonchev–Trinajstić information content (AvgIpc) is 3.38. The number of benzene rings is 2. The Morgan fingerprint density at radius 3 is 2.39 bits per heavy atom. The first kappa shape index (κ1) is 25.2. The molecule has 2 heterocycles. The van der Waals surface area contributed by atoms with E-state index in [1.165, 1.54) is 12.1 Å². The van der Waals surface area contributed by atoms with Gasteiger partial charge < -0.3 is 4.42 Å². The highest BCUT2D eigenvalue weighted by atomic mass is 32.2. The van der Waals surface area contributed by atoms with Gasteiger partial charge in [0.25, 0.3) is 0 Å². The van der Waals surface area contributed by atoms with Crippen molar-refractivity contribution in [2.24, 2.45) is 0 Å². The Hall–Kier alpha value is -3.88. The van der Waals surface area contributed by atoms with Crippen LogP contribution in [0, 0.1) is 25.2 Å². The number of hydrogen-bond donors (Lipinski definition) is 1. The van der Waals surface area contributed by atoms with E-state index in [1.807, 2.05) is 36.4 Å². The Bertz CT molecular complexity index is 1540. The van der Waals surface area contributed by atoms with E-state index in [4.69, 9.17) is 4.42 Å². The Morgan fingerprint density at radius 1 is 1.11 bits per heavy atom. The Balaban J connectivity index is 1.62. The Morgan fingerprint density at radius 2 is 1.75 bits per heavy atom. The third-order valence-corrected chi connectivity index (χ3v) is 8.19. The van der Waals surface area contributed by atoms with E-state index in [2.05, 4.69) is 15.5 Å². The van der Waals surface area contributed by atoms with Crippen molar-refractivity contribution in [1.82, 2.24) is 14.8 Å². The molecule has 2 aromatic carbocycles. The maximum atomic E-state index is 13.0. The number of rotatable bonds is 8. The molecule has 0 radical (unpaired) electrons. The topological polar surface area (TPSA) is 131 Å². The highest BCUT2D eigenvalue weighted by molar-refractivity contribution is 8.00. The quantitative estimate of drug-likeness (QED) is 0.337. The molecule has 4 rings (SSSR count). The number of carbonyl (C=O) groups excluding carboxylic acids is 1. The van der Waals surface area contributed by atoms with Crippen LogP contribution < -0.4 is 5.32 Å². The number of aryl methyl sites for hydroxylation is 1. The summed E-state index contributed by atoms with van der Waals surface area (Å²) in [5, 5.41) is 20.1. The van der Waals surface area contributed by atoms with Gasteiger partial charge in [-0.1, -0.05) is 48.2 Å². The first-order valence-corrected chi connectivity index (χ1v) is 13.5. The smallest absolute Gasteiger partial charge is 0.240 e. The number of carbonyl (C=O) groups is 1. The van der Waals surface area contributed by atoms with E-state index in [9.17, 15) is 18.5 Å². The number of sulfone groups is 1. The summed E-state index contributed by atoms with van der Waals surface area (Å²) in [6, 6.07) is 19.3. The van der Waals surface area contributed by atoms with Gasteiger partial charge >= 0.3 is 0 Å². The van der Waals surface area contributed by atoms with Gasteiger partial charge in [-0.25, -0.2) is 8.42 Å². The van der Waals surface area contributed by atoms with Crippen LogP contribution in [0.25, 0.3) is 5.69 Å². The second-order valence-electron chi connectivity index (χ2n) is 7.99. The lowest BCUT2D eigenvalue weighted by molar-refractivity contribution is -0.115. The first-order chi connectivity index (χ1) is 17.2. The Kier molecular flexibility index (Phi) is 7.28. The maximum Gasteiger partial charge on any atom is 0.240 e. The molecule has 4 aromatic rings. The van der Waals surface area contributed by atoms with Gasteiger partial charge in [-0.2, -0.15) is 5.26 Å². The predicted octanol–water partition coefficient (Wildman–Crippen LogP) is 4.44. The minimum absolute atomic E-state index is 0.101. The molecule has 0 aliphatic rings. The minimum Gasteiger partial charge on any atom is -0.444 e. The summed E-state index contributed by atoms with van der Waals surface area (Å²) >= 11 is 1.12. The second-order valence-corrected chi connectivity index (χ2v) is 11.3. The monoisotopic (exact) mass is 521 g/mol. The zero-order valence-electron chi connectivity index (χ0n) is 19.8. The molecule has 1 N–H and O–H groups in total. The number of aromatic nitrogens is 3. The number of thioether (sulfide) groups is 1. The van der Waals surface area contributed by atoms with Crippen molar-refractivity contribution in [3.63, 3.8) is 0 Å². The van der Waals surface area contributed by atoms with Gasteiger partial charge in [-0.15, -0.1) is 10.2 Å². The molecule has 2 aromatic heterocycles. The summed E-state index contributed by atoms with van der Waals surface area (Å²) in [5.74, 6) is 0.117. The van der Waals surface area contributed by atoms with Crippen LogP contribution in [0.1, 0.15) is 29.6 Å². The van der Waals surface area contributed by atoms with Crippen molar-refractivity contribution < 1.29 is 17.6 Å². The van der Waals surface area contributed by atoms with E-state index in [0.717, 1.165) is 11.8 Å². The molecule has 0 saturated carbocycles. The summed E-state index contributed by atoms with van der Waals surface area (Å²) in [7, 11) is -3.68. The molecular weight excluding hydrogens is 498 g/mol. The van der Waals surface area contributed by atoms with Crippen LogP contribution in [0.3, 0.4) is 0 Å². The molecule has 1 atom stereocenters. The highest BCUT2D eigenvalue weighted by Crippen LogP contribution is 2.30. The van der Waals surface area contributed by atoms with E-state index in [-0.39, 0.29) is 27.9 Å². The van der Waals surface area contributed by atoms with Crippen molar-refractivity contribution in [3.05, 3.63) is 83.4 Å². The van der Waals surface area contributed by atoms with Crippen molar-refractivity contribution in [1.29, 1.82) is 5.26 Å². The summed E-state index contributed by atoms with van der Waals surface area (Å²) in [6.45, 7) is 5.15. The molecule has 11 heteroatoms. The minimum atomic E-state index is -3.68. The number of anilines is 1. The Labute approximate surface area is 213 Å². The lowest BCUT2D eigenvalue weighted by Crippen LogP contribution is -2.23. The summed E-state index contributed by atoms with van der Waals surface area (Å²) < 4.78 is 33.2. The number of nitrogens with zero attached hydrogens (tertiary/aromatic N) is 4. The molecule has 1 amide bonds. The molecule has 184 valence electrons. The van der Waals surface area contributed by atoms with Crippen molar-refractivity contribution in [2.45, 2.75) is 41.8 Å². The van der Waals surface area contributed by atoms with Crippen molar-refractivity contribution in [2.75, 3.05) is 5.32 Å². The third kappa shape index (κ3) is 5.19. The molecule has 9 nitrogen and oxygen atoms in total. The fraction of sp³-hybridized carbons (Fsp3) is 0.200. The number of para-hydroxylation sites is 1. The highest BCUT2D eigenvalue weighted by Gasteiger charge is 2.26. The van der Waals surface area contributed by atoms with E-state index < -0.39 is 21.0 Å². The van der Waals surface area contributed by atoms with Gasteiger partial charge in [-0.3, -0.25) is 14.7 Å². The molecule has 36 heavy (non-hydrogen) atoms. The fourth-order valence-electron chi connectivity index (χ4n) is 3.46. The fourth-order valence-corrected chi connectivity index (χ4v) is 5.61. The van der Waals surface area contributed by atoms with Crippen molar-refractivity contribution in [3.8, 4) is 11.8 Å².